The lowest BCUT2D eigenvalue weighted by Gasteiger charge is -2.28. The van der Waals surface area contributed by atoms with E-state index in [0.717, 1.165) is 21.5 Å². The van der Waals surface area contributed by atoms with Crippen molar-refractivity contribution in [1.29, 1.82) is 0 Å². The van der Waals surface area contributed by atoms with Crippen LogP contribution in [-0.4, -0.2) is 42.9 Å². The van der Waals surface area contributed by atoms with Crippen molar-refractivity contribution in [3.63, 3.8) is 0 Å². The van der Waals surface area contributed by atoms with Gasteiger partial charge >= 0.3 is 0 Å². The maximum atomic E-state index is 13.4. The van der Waals surface area contributed by atoms with Crippen LogP contribution in [0.4, 0.5) is 20.4 Å². The van der Waals surface area contributed by atoms with Crippen molar-refractivity contribution >= 4 is 17.5 Å². The summed E-state index contributed by atoms with van der Waals surface area (Å²) in [4.78, 5) is 17.0. The summed E-state index contributed by atoms with van der Waals surface area (Å²) in [6, 6.07) is 6.74. The minimum absolute atomic E-state index is 0.160. The van der Waals surface area contributed by atoms with E-state index in [4.69, 9.17) is 0 Å². The first kappa shape index (κ1) is 21.0. The summed E-state index contributed by atoms with van der Waals surface area (Å²) in [5, 5.41) is 14.4. The van der Waals surface area contributed by atoms with E-state index in [0.29, 0.717) is 17.9 Å². The van der Waals surface area contributed by atoms with Crippen LogP contribution in [0.3, 0.4) is 0 Å². The largest absolute Gasteiger partial charge is 0.352 e. The minimum Gasteiger partial charge on any atom is -0.352 e. The molecule has 1 aliphatic rings. The number of carbonyl (C=O) groups excluding carboxylic acids is 1. The Morgan fingerprint density at radius 2 is 2.00 bits per heavy atom. The molecule has 4 rings (SSSR count). The molecule has 3 heterocycles. The molecule has 1 aliphatic heterocycles. The highest BCUT2D eigenvalue weighted by Gasteiger charge is 2.34. The molecule has 0 bridgehead atoms. The van der Waals surface area contributed by atoms with E-state index in [2.05, 4.69) is 25.8 Å². The first-order chi connectivity index (χ1) is 14.7. The predicted octanol–water partition coefficient (Wildman–Crippen LogP) is 3.71. The van der Waals surface area contributed by atoms with Crippen LogP contribution in [0.1, 0.15) is 52.5 Å². The van der Waals surface area contributed by atoms with E-state index in [1.54, 1.807) is 13.8 Å². The van der Waals surface area contributed by atoms with Crippen LogP contribution in [0.5, 0.6) is 0 Å². The Morgan fingerprint density at radius 1 is 1.26 bits per heavy atom. The van der Waals surface area contributed by atoms with Crippen molar-refractivity contribution in [3.8, 4) is 0 Å². The second-order valence-corrected chi connectivity index (χ2v) is 7.97. The SMILES string of the molecule is Cc1ccccc1Cn1nc(C)c(NC(=O)c2nc3n(n2)[C@H](C(F)F)C[C@H](C)N3)c1C. The zero-order valence-electron chi connectivity index (χ0n) is 17.9. The van der Waals surface area contributed by atoms with Gasteiger partial charge in [-0.3, -0.25) is 9.48 Å². The predicted molar refractivity (Wildman–Crippen MR) is 113 cm³/mol. The number of nitrogens with zero attached hydrogens (tertiary/aromatic N) is 5. The maximum Gasteiger partial charge on any atom is 0.295 e. The third-order valence-corrected chi connectivity index (χ3v) is 5.61. The number of anilines is 2. The fraction of sp³-hybridized carbons (Fsp3) is 0.429. The number of fused-ring (bicyclic) bond motifs is 1. The average molecular weight is 429 g/mol. The Balaban J connectivity index is 1.57. The van der Waals surface area contributed by atoms with Gasteiger partial charge in [0, 0.05) is 6.04 Å². The standard InChI is InChI=1S/C21H25F2N7O/c1-11-7-5-6-8-15(11)10-29-14(4)17(13(3)27-29)25-20(31)19-26-21-24-12(2)9-16(18(22)23)30(21)28-19/h5-8,12,16,18H,9-10H2,1-4H3,(H,25,31)(H,24,26,28)/t12-,16-/m0/s1. The van der Waals surface area contributed by atoms with E-state index >= 15 is 0 Å². The Labute approximate surface area is 178 Å². The molecule has 31 heavy (non-hydrogen) atoms. The second kappa shape index (κ2) is 8.09. The topological polar surface area (TPSA) is 89.7 Å². The summed E-state index contributed by atoms with van der Waals surface area (Å²) in [7, 11) is 0. The van der Waals surface area contributed by atoms with Crippen LogP contribution < -0.4 is 10.6 Å². The van der Waals surface area contributed by atoms with Crippen molar-refractivity contribution in [3.05, 3.63) is 52.6 Å². The molecule has 164 valence electrons. The molecule has 1 amide bonds. The first-order valence-electron chi connectivity index (χ1n) is 10.2. The Kier molecular flexibility index (Phi) is 5.47. The third-order valence-electron chi connectivity index (χ3n) is 5.61. The molecule has 8 nitrogen and oxygen atoms in total. The molecule has 1 aromatic carbocycles. The summed E-state index contributed by atoms with van der Waals surface area (Å²) in [6.07, 6.45) is -2.39. The molecule has 0 saturated heterocycles. The van der Waals surface area contributed by atoms with Gasteiger partial charge < -0.3 is 10.6 Å². The van der Waals surface area contributed by atoms with Gasteiger partial charge in [-0.15, -0.1) is 5.10 Å². The van der Waals surface area contributed by atoms with Crippen molar-refractivity contribution in [2.45, 2.75) is 59.2 Å². The lowest BCUT2D eigenvalue weighted by molar-refractivity contribution is 0.0662. The Morgan fingerprint density at radius 3 is 2.71 bits per heavy atom. The summed E-state index contributed by atoms with van der Waals surface area (Å²) >= 11 is 0. The molecule has 0 unspecified atom stereocenters. The lowest BCUT2D eigenvalue weighted by atomic mass is 10.1. The average Bonchev–Trinajstić information content (AvgIpc) is 3.25. The molecule has 2 N–H and O–H groups in total. The highest BCUT2D eigenvalue weighted by molar-refractivity contribution is 6.02. The summed E-state index contributed by atoms with van der Waals surface area (Å²) in [6.45, 7) is 8.08. The van der Waals surface area contributed by atoms with Crippen molar-refractivity contribution in [2.75, 3.05) is 10.6 Å². The minimum atomic E-state index is -2.59. The number of aryl methyl sites for hydroxylation is 2. The molecule has 3 aromatic rings. The number of rotatable bonds is 5. The van der Waals surface area contributed by atoms with E-state index in [9.17, 15) is 13.6 Å². The Hall–Kier alpha value is -3.30. The monoisotopic (exact) mass is 429 g/mol. The van der Waals surface area contributed by atoms with Crippen LogP contribution in [0.15, 0.2) is 24.3 Å². The number of amides is 1. The quantitative estimate of drug-likeness (QED) is 0.645. The maximum absolute atomic E-state index is 13.4. The highest BCUT2D eigenvalue weighted by atomic mass is 19.3. The third kappa shape index (κ3) is 4.01. The Bertz CT molecular complexity index is 1120. The van der Waals surface area contributed by atoms with Crippen molar-refractivity contribution in [2.24, 2.45) is 0 Å². The number of hydrogen-bond acceptors (Lipinski definition) is 5. The van der Waals surface area contributed by atoms with Crippen LogP contribution in [0.2, 0.25) is 0 Å². The van der Waals surface area contributed by atoms with Gasteiger partial charge in [-0.1, -0.05) is 24.3 Å². The molecule has 10 heteroatoms. The van der Waals surface area contributed by atoms with Crippen LogP contribution in [-0.2, 0) is 6.54 Å². The number of alkyl halides is 2. The summed E-state index contributed by atoms with van der Waals surface area (Å²) in [5.74, 6) is -0.545. The normalized spacial score (nSPS) is 18.0. The first-order valence-corrected chi connectivity index (χ1v) is 10.2. The summed E-state index contributed by atoms with van der Waals surface area (Å²) < 4.78 is 29.8. The van der Waals surface area contributed by atoms with Crippen molar-refractivity contribution < 1.29 is 13.6 Å². The van der Waals surface area contributed by atoms with Crippen LogP contribution in [0, 0.1) is 20.8 Å². The van der Waals surface area contributed by atoms with Gasteiger partial charge in [0.1, 0.15) is 6.04 Å². The highest BCUT2D eigenvalue weighted by Crippen LogP contribution is 2.30. The van der Waals surface area contributed by atoms with E-state index < -0.39 is 18.4 Å². The molecule has 0 fully saturated rings. The zero-order chi connectivity index (χ0) is 22.3. The number of benzene rings is 1. The van der Waals surface area contributed by atoms with E-state index in [1.165, 1.54) is 0 Å². The molecule has 0 spiro atoms. The molecule has 2 atom stereocenters. The fourth-order valence-electron chi connectivity index (χ4n) is 3.85. The number of hydrogen-bond donors (Lipinski definition) is 2. The summed E-state index contributed by atoms with van der Waals surface area (Å²) in [5.41, 5.74) is 4.30. The molecular weight excluding hydrogens is 404 g/mol. The van der Waals surface area contributed by atoms with E-state index in [-0.39, 0.29) is 24.2 Å². The molecule has 0 saturated carbocycles. The van der Waals surface area contributed by atoms with E-state index in [1.807, 2.05) is 42.8 Å². The van der Waals surface area contributed by atoms with Gasteiger partial charge in [0.05, 0.1) is 23.6 Å². The van der Waals surface area contributed by atoms with Gasteiger partial charge in [-0.25, -0.2) is 13.5 Å². The molecule has 0 radical (unpaired) electrons. The van der Waals surface area contributed by atoms with Crippen LogP contribution >= 0.6 is 0 Å². The van der Waals surface area contributed by atoms with Gasteiger partial charge in [-0.05, 0) is 45.2 Å². The van der Waals surface area contributed by atoms with Gasteiger partial charge in [0.2, 0.25) is 11.8 Å². The molecule has 2 aromatic heterocycles. The number of nitrogens with one attached hydrogen (secondary N) is 2. The number of halogens is 2. The molecule has 0 aliphatic carbocycles. The zero-order valence-corrected chi connectivity index (χ0v) is 17.9. The fourth-order valence-corrected chi connectivity index (χ4v) is 3.85. The lowest BCUT2D eigenvalue weighted by Crippen LogP contribution is -2.33. The van der Waals surface area contributed by atoms with Gasteiger partial charge in [0.15, 0.2) is 0 Å². The van der Waals surface area contributed by atoms with Crippen molar-refractivity contribution in [1.82, 2.24) is 24.5 Å². The van der Waals surface area contributed by atoms with Gasteiger partial charge in [0.25, 0.3) is 12.3 Å². The van der Waals surface area contributed by atoms with Crippen LogP contribution in [0.25, 0.3) is 0 Å². The smallest absolute Gasteiger partial charge is 0.295 e. The number of aromatic nitrogens is 5. The molecular formula is C21H25F2N7O. The van der Waals surface area contributed by atoms with Gasteiger partial charge in [-0.2, -0.15) is 10.1 Å². The second-order valence-electron chi connectivity index (χ2n) is 7.97. The number of carbonyl (C=O) groups is 1.